The maximum atomic E-state index is 12.6. The lowest BCUT2D eigenvalue weighted by Crippen LogP contribution is -2.33. The van der Waals surface area contributed by atoms with Crippen molar-refractivity contribution < 1.29 is 13.2 Å². The predicted molar refractivity (Wildman–Crippen MR) is 98.5 cm³/mol. The van der Waals surface area contributed by atoms with Crippen LogP contribution in [0.25, 0.3) is 0 Å². The van der Waals surface area contributed by atoms with E-state index < -0.39 is 21.5 Å². The van der Waals surface area contributed by atoms with Crippen molar-refractivity contribution in [3.63, 3.8) is 0 Å². The minimum Gasteiger partial charge on any atom is -0.315 e. The van der Waals surface area contributed by atoms with Gasteiger partial charge in [0.2, 0.25) is 15.9 Å². The number of nitrogens with one attached hydrogen (secondary N) is 1. The number of nitriles is 1. The first kappa shape index (κ1) is 19.8. The largest absolute Gasteiger partial charge is 0.315 e. The van der Waals surface area contributed by atoms with Gasteiger partial charge in [-0.3, -0.25) is 9.59 Å². The van der Waals surface area contributed by atoms with Crippen molar-refractivity contribution in [1.29, 1.82) is 5.26 Å². The monoisotopic (exact) mass is 394 g/mol. The van der Waals surface area contributed by atoms with Crippen LogP contribution in [0.4, 0.5) is 5.00 Å². The van der Waals surface area contributed by atoms with Gasteiger partial charge in [-0.05, 0) is 17.5 Å². The van der Waals surface area contributed by atoms with E-state index in [1.54, 1.807) is 25.3 Å². The van der Waals surface area contributed by atoms with E-state index in [2.05, 4.69) is 5.32 Å². The second-order valence-electron chi connectivity index (χ2n) is 5.24. The van der Waals surface area contributed by atoms with Crippen molar-refractivity contribution in [2.75, 3.05) is 18.4 Å². The fraction of sp³-hybridized carbons (Fsp3) is 0.312. The normalized spacial score (nSPS) is 11.3. The number of amides is 1. The van der Waals surface area contributed by atoms with Crippen LogP contribution in [0.1, 0.15) is 19.4 Å². The summed E-state index contributed by atoms with van der Waals surface area (Å²) in [5.41, 5.74) is -0.168. The summed E-state index contributed by atoms with van der Waals surface area (Å²) in [6.07, 6.45) is 1.16. The van der Waals surface area contributed by atoms with E-state index in [-0.39, 0.29) is 11.4 Å². The highest BCUT2D eigenvalue weighted by atomic mass is 32.2. The molecule has 2 aromatic rings. The Balaban J connectivity index is 2.27. The second kappa shape index (κ2) is 8.27. The van der Waals surface area contributed by atoms with Crippen LogP contribution < -0.4 is 10.9 Å². The topological polar surface area (TPSA) is 112 Å². The molecule has 0 aliphatic rings. The highest BCUT2D eigenvalue weighted by Crippen LogP contribution is 2.22. The Morgan fingerprint density at radius 2 is 2.00 bits per heavy atom. The number of sulfonamides is 1. The first-order valence-electron chi connectivity index (χ1n) is 7.81. The molecule has 2 heterocycles. The molecule has 0 saturated heterocycles. The zero-order valence-corrected chi connectivity index (χ0v) is 15.9. The van der Waals surface area contributed by atoms with E-state index >= 15 is 0 Å². The molecule has 0 spiro atoms. The van der Waals surface area contributed by atoms with E-state index in [0.717, 1.165) is 16.8 Å². The first-order chi connectivity index (χ1) is 12.3. The number of carbonyl (C=O) groups is 1. The van der Waals surface area contributed by atoms with Gasteiger partial charge in [-0.1, -0.05) is 13.8 Å². The molecular weight excluding hydrogens is 376 g/mol. The smallest absolute Gasteiger partial charge is 0.251 e. The number of anilines is 1. The van der Waals surface area contributed by atoms with Crippen molar-refractivity contribution in [3.05, 3.63) is 45.7 Å². The summed E-state index contributed by atoms with van der Waals surface area (Å²) in [6.45, 7) is 3.68. The standard InChI is InChI=1S/C16H18N4O4S2/c1-3-20(4-2)26(23,24)13-5-6-15(22)19(10-13)11-14(21)18-16-12(9-17)7-8-25-16/h5-8,10H,3-4,11H2,1-2H3,(H,18,21). The molecule has 0 unspecified atom stereocenters. The zero-order chi connectivity index (χ0) is 19.3. The number of rotatable bonds is 7. The fourth-order valence-corrected chi connectivity index (χ4v) is 4.55. The van der Waals surface area contributed by atoms with Crippen LogP contribution >= 0.6 is 11.3 Å². The summed E-state index contributed by atoms with van der Waals surface area (Å²) in [4.78, 5) is 24.1. The SMILES string of the molecule is CCN(CC)S(=O)(=O)c1ccc(=O)n(CC(=O)Nc2sccc2C#N)c1. The maximum Gasteiger partial charge on any atom is 0.251 e. The molecule has 0 aliphatic carbocycles. The van der Waals surface area contributed by atoms with Crippen molar-refractivity contribution in [2.24, 2.45) is 0 Å². The average molecular weight is 394 g/mol. The Hall–Kier alpha value is -2.48. The van der Waals surface area contributed by atoms with Gasteiger partial charge in [0.25, 0.3) is 5.56 Å². The molecule has 0 aliphatic heterocycles. The van der Waals surface area contributed by atoms with Gasteiger partial charge in [0.15, 0.2) is 0 Å². The Bertz CT molecular complexity index is 998. The van der Waals surface area contributed by atoms with Crippen molar-refractivity contribution >= 4 is 32.3 Å². The van der Waals surface area contributed by atoms with Gasteiger partial charge >= 0.3 is 0 Å². The average Bonchev–Trinajstić information content (AvgIpc) is 3.04. The fourth-order valence-electron chi connectivity index (χ4n) is 2.31. The van der Waals surface area contributed by atoms with Crippen LogP contribution in [0.5, 0.6) is 0 Å². The highest BCUT2D eigenvalue weighted by Gasteiger charge is 2.22. The van der Waals surface area contributed by atoms with Crippen molar-refractivity contribution in [2.45, 2.75) is 25.3 Å². The third kappa shape index (κ3) is 4.19. The lowest BCUT2D eigenvalue weighted by molar-refractivity contribution is -0.116. The van der Waals surface area contributed by atoms with E-state index in [1.165, 1.54) is 21.7 Å². The van der Waals surface area contributed by atoms with Gasteiger partial charge in [0, 0.05) is 25.4 Å². The van der Waals surface area contributed by atoms with Crippen LogP contribution in [-0.2, 0) is 21.4 Å². The Morgan fingerprint density at radius 1 is 1.31 bits per heavy atom. The molecule has 1 N–H and O–H groups in total. The Kier molecular flexibility index (Phi) is 6.31. The molecule has 0 aromatic carbocycles. The molecule has 0 saturated carbocycles. The molecule has 1 amide bonds. The summed E-state index contributed by atoms with van der Waals surface area (Å²) in [7, 11) is -3.74. The summed E-state index contributed by atoms with van der Waals surface area (Å²) in [5, 5.41) is 13.6. The van der Waals surface area contributed by atoms with Crippen LogP contribution in [0.3, 0.4) is 0 Å². The van der Waals surface area contributed by atoms with Crippen LogP contribution in [0, 0.1) is 11.3 Å². The van der Waals surface area contributed by atoms with E-state index in [1.807, 2.05) is 6.07 Å². The third-order valence-electron chi connectivity index (χ3n) is 3.65. The Labute approximate surface area is 155 Å². The van der Waals surface area contributed by atoms with Crippen LogP contribution in [-0.4, -0.2) is 36.3 Å². The van der Waals surface area contributed by atoms with Crippen molar-refractivity contribution in [1.82, 2.24) is 8.87 Å². The number of aromatic nitrogens is 1. The molecular formula is C16H18N4O4S2. The van der Waals surface area contributed by atoms with Gasteiger partial charge < -0.3 is 9.88 Å². The number of carbonyl (C=O) groups excluding carboxylic acids is 1. The molecule has 0 bridgehead atoms. The lowest BCUT2D eigenvalue weighted by atomic mass is 10.3. The molecule has 10 heteroatoms. The van der Waals surface area contributed by atoms with Crippen LogP contribution in [0.15, 0.2) is 39.5 Å². The van der Waals surface area contributed by atoms with E-state index in [4.69, 9.17) is 5.26 Å². The van der Waals surface area contributed by atoms with Gasteiger partial charge in [0.05, 0.1) is 10.5 Å². The summed E-state index contributed by atoms with van der Waals surface area (Å²) >= 11 is 1.19. The van der Waals surface area contributed by atoms with E-state index in [9.17, 15) is 18.0 Å². The van der Waals surface area contributed by atoms with Crippen LogP contribution in [0.2, 0.25) is 0 Å². The first-order valence-corrected chi connectivity index (χ1v) is 10.1. The molecule has 2 aromatic heterocycles. The number of hydrogen-bond donors (Lipinski definition) is 1. The lowest BCUT2D eigenvalue weighted by Gasteiger charge is -2.19. The third-order valence-corrected chi connectivity index (χ3v) is 6.52. The molecule has 138 valence electrons. The number of thiophene rings is 1. The Morgan fingerprint density at radius 3 is 2.62 bits per heavy atom. The zero-order valence-electron chi connectivity index (χ0n) is 14.3. The number of nitrogens with zero attached hydrogens (tertiary/aromatic N) is 3. The molecule has 0 atom stereocenters. The van der Waals surface area contributed by atoms with Gasteiger partial charge in [-0.2, -0.15) is 9.57 Å². The minimum absolute atomic E-state index is 0.0533. The molecule has 0 fully saturated rings. The van der Waals surface area contributed by atoms with Gasteiger partial charge in [0.1, 0.15) is 17.6 Å². The number of hydrogen-bond acceptors (Lipinski definition) is 6. The van der Waals surface area contributed by atoms with E-state index in [0.29, 0.717) is 23.7 Å². The van der Waals surface area contributed by atoms with Gasteiger partial charge in [-0.15, -0.1) is 11.3 Å². The molecule has 26 heavy (non-hydrogen) atoms. The predicted octanol–water partition coefficient (Wildman–Crippen LogP) is 1.45. The molecule has 0 radical (unpaired) electrons. The minimum atomic E-state index is -3.74. The summed E-state index contributed by atoms with van der Waals surface area (Å²) in [5.74, 6) is -0.525. The second-order valence-corrected chi connectivity index (χ2v) is 8.10. The number of pyridine rings is 1. The molecule has 2 rings (SSSR count). The highest BCUT2D eigenvalue weighted by molar-refractivity contribution is 7.89. The quantitative estimate of drug-likeness (QED) is 0.764. The van der Waals surface area contributed by atoms with Gasteiger partial charge in [-0.25, -0.2) is 8.42 Å². The molecule has 8 nitrogen and oxygen atoms in total. The maximum absolute atomic E-state index is 12.6. The summed E-state index contributed by atoms with van der Waals surface area (Å²) in [6, 6.07) is 5.88. The van der Waals surface area contributed by atoms with Crippen molar-refractivity contribution in [3.8, 4) is 6.07 Å². The summed E-state index contributed by atoms with van der Waals surface area (Å²) < 4.78 is 27.4.